The van der Waals surface area contributed by atoms with Crippen molar-refractivity contribution in [1.82, 2.24) is 53.2 Å². The summed E-state index contributed by atoms with van der Waals surface area (Å²) in [6.45, 7) is 10.4. The summed E-state index contributed by atoms with van der Waals surface area (Å²) in [6, 6.07) is 0. The number of rotatable bonds is 34. The third-order valence-electron chi connectivity index (χ3n) is 8.29. The number of carbonyl (C=O) groups excluding carboxylic acids is 10. The number of hydrogen-bond donors (Lipinski definition) is 10. The molecule has 0 rings (SSSR count). The normalized spacial score (nSPS) is 10.5. The van der Waals surface area contributed by atoms with Crippen LogP contribution in [0.5, 0.6) is 0 Å². The third kappa shape index (κ3) is 36.8. The maximum atomic E-state index is 12.1. The highest BCUT2D eigenvalue weighted by Gasteiger charge is 2.11. The van der Waals surface area contributed by atoms with Gasteiger partial charge in [-0.2, -0.15) is 0 Å². The Morgan fingerprint density at radius 1 is 0.254 bits per heavy atom. The zero-order valence-electron chi connectivity index (χ0n) is 35.5. The largest absolute Gasteiger partial charge is 0.356 e. The summed E-state index contributed by atoms with van der Waals surface area (Å²) in [6.07, 6.45) is 2.62. The van der Waals surface area contributed by atoms with Gasteiger partial charge in [0.1, 0.15) is 0 Å². The summed E-state index contributed by atoms with van der Waals surface area (Å²) < 4.78 is 0. The Hall–Kier alpha value is -5.30. The monoisotopic (exact) mass is 839 g/mol. The van der Waals surface area contributed by atoms with Crippen molar-refractivity contribution in [3.63, 3.8) is 0 Å². The van der Waals surface area contributed by atoms with Gasteiger partial charge in [-0.15, -0.1) is 0 Å². The van der Waals surface area contributed by atoms with E-state index in [9.17, 15) is 47.9 Å². The van der Waals surface area contributed by atoms with E-state index >= 15 is 0 Å². The van der Waals surface area contributed by atoms with Crippen molar-refractivity contribution in [3.05, 3.63) is 0 Å². The fraction of sp³-hybridized carbons (Fsp3) is 0.744. The van der Waals surface area contributed by atoms with E-state index in [0.717, 1.165) is 12.8 Å². The van der Waals surface area contributed by atoms with Crippen molar-refractivity contribution < 1.29 is 47.9 Å². The summed E-state index contributed by atoms with van der Waals surface area (Å²) in [5, 5.41) is 26.4. The highest BCUT2D eigenvalue weighted by molar-refractivity contribution is 5.83. The van der Waals surface area contributed by atoms with Crippen LogP contribution in [0.4, 0.5) is 0 Å². The van der Waals surface area contributed by atoms with Gasteiger partial charge in [-0.25, -0.2) is 0 Å². The minimum Gasteiger partial charge on any atom is -0.356 e. The van der Waals surface area contributed by atoms with E-state index in [1.54, 1.807) is 0 Å². The molecule has 20 heteroatoms. The molecule has 0 saturated carbocycles. The van der Waals surface area contributed by atoms with Crippen molar-refractivity contribution in [3.8, 4) is 0 Å². The molecule has 336 valence electrons. The van der Waals surface area contributed by atoms with Crippen LogP contribution in [0, 0.1) is 11.8 Å². The van der Waals surface area contributed by atoms with Gasteiger partial charge in [0.15, 0.2) is 0 Å². The number of amides is 10. The molecule has 10 N–H and O–H groups in total. The van der Waals surface area contributed by atoms with E-state index in [2.05, 4.69) is 80.9 Å². The summed E-state index contributed by atoms with van der Waals surface area (Å²) in [4.78, 5) is 119. The van der Waals surface area contributed by atoms with Crippen molar-refractivity contribution in [2.75, 3.05) is 65.4 Å². The molecule has 0 atom stereocenters. The second-order valence-corrected chi connectivity index (χ2v) is 14.7. The van der Waals surface area contributed by atoms with Crippen LogP contribution >= 0.6 is 0 Å². The second-order valence-electron chi connectivity index (χ2n) is 14.7. The molecule has 0 aliphatic carbocycles. The smallest absolute Gasteiger partial charge is 0.221 e. The minimum atomic E-state index is -0.359. The summed E-state index contributed by atoms with van der Waals surface area (Å²) in [5.74, 6) is -1.94. The second kappa shape index (κ2) is 34.7. The average Bonchev–Trinajstić information content (AvgIpc) is 3.14. The molecule has 10 amide bonds. The molecule has 0 aliphatic heterocycles. The van der Waals surface area contributed by atoms with Gasteiger partial charge in [-0.3, -0.25) is 47.9 Å². The highest BCUT2D eigenvalue weighted by Crippen LogP contribution is 1.98. The van der Waals surface area contributed by atoms with Crippen molar-refractivity contribution in [2.24, 2.45) is 11.8 Å². The first-order valence-corrected chi connectivity index (χ1v) is 20.7. The Bertz CT molecular complexity index is 1250. The van der Waals surface area contributed by atoms with Crippen LogP contribution in [0.25, 0.3) is 0 Å². The molecule has 0 heterocycles. The van der Waals surface area contributed by atoms with Gasteiger partial charge in [0.2, 0.25) is 59.1 Å². The van der Waals surface area contributed by atoms with Gasteiger partial charge >= 0.3 is 0 Å². The Morgan fingerprint density at radius 3 is 0.576 bits per heavy atom. The number of nitrogens with one attached hydrogen (secondary N) is 10. The summed E-state index contributed by atoms with van der Waals surface area (Å²) in [5.41, 5.74) is 0. The highest BCUT2D eigenvalue weighted by atomic mass is 16.2. The third-order valence-corrected chi connectivity index (χ3v) is 8.29. The van der Waals surface area contributed by atoms with Crippen molar-refractivity contribution in [1.29, 1.82) is 0 Å². The van der Waals surface area contributed by atoms with Crippen LogP contribution in [0.1, 0.15) is 111 Å². The lowest BCUT2D eigenvalue weighted by molar-refractivity contribution is -0.125. The first kappa shape index (κ1) is 53.7. The molecular formula is C39H70N10O10. The fourth-order valence-corrected chi connectivity index (χ4v) is 4.82. The molecule has 0 aliphatic rings. The standard InChI is InChI=1S/C39H70N10O10/c1-28(2)8-18-40-32(52)12-22-44-36(56)16-26-48-38(58)14-24-46-34(54)10-20-42-30(50)6-5-7-31(51)43-21-11-35(55)47-25-15-39(59)49-27-17-37(57)45-23-13-33(53)41-19-9-29(3)4/h28-29H,5-27H2,1-4H3,(H,40,52)(H,41,53)(H,42,50)(H,43,51)(H,44,56)(H,45,57)(H,46,54)(H,47,55)(H,48,58)(H,49,59). The van der Waals surface area contributed by atoms with E-state index in [1.807, 2.05) is 0 Å². The number of carbonyl (C=O) groups is 10. The zero-order chi connectivity index (χ0) is 44.3. The molecular weight excluding hydrogens is 768 g/mol. The van der Waals surface area contributed by atoms with Crippen LogP contribution in [-0.2, 0) is 47.9 Å². The molecule has 0 spiro atoms. The molecule has 0 radical (unpaired) electrons. The number of hydrogen-bond acceptors (Lipinski definition) is 10. The molecule has 0 fully saturated rings. The summed E-state index contributed by atoms with van der Waals surface area (Å²) >= 11 is 0. The van der Waals surface area contributed by atoms with Gasteiger partial charge in [-0.05, 0) is 31.1 Å². The SMILES string of the molecule is CC(C)CCNC(=O)CCNC(=O)CCNC(=O)CCNC(=O)CCNC(=O)CCCC(=O)NCCC(=O)NCCC(=O)NCCC(=O)NCCC(=O)NCCC(C)C. The Kier molecular flexibility index (Phi) is 31.6. The lowest BCUT2D eigenvalue weighted by Crippen LogP contribution is -2.35. The van der Waals surface area contributed by atoms with Crippen LogP contribution in [0.3, 0.4) is 0 Å². The molecule has 0 aromatic rings. The van der Waals surface area contributed by atoms with Crippen molar-refractivity contribution >= 4 is 59.1 Å². The van der Waals surface area contributed by atoms with Crippen LogP contribution in [-0.4, -0.2) is 125 Å². The summed E-state index contributed by atoms with van der Waals surface area (Å²) in [7, 11) is 0. The van der Waals surface area contributed by atoms with Gasteiger partial charge in [0.05, 0.1) is 0 Å². The quantitative estimate of drug-likeness (QED) is 0.0359. The van der Waals surface area contributed by atoms with Crippen LogP contribution in [0.15, 0.2) is 0 Å². The molecule has 0 aromatic heterocycles. The van der Waals surface area contributed by atoms with Gasteiger partial charge < -0.3 is 53.2 Å². The van der Waals surface area contributed by atoms with Gasteiger partial charge in [0.25, 0.3) is 0 Å². The zero-order valence-corrected chi connectivity index (χ0v) is 35.5. The van der Waals surface area contributed by atoms with Gasteiger partial charge in [-0.1, -0.05) is 27.7 Å². The van der Waals surface area contributed by atoms with E-state index in [4.69, 9.17) is 0 Å². The molecule has 59 heavy (non-hydrogen) atoms. The van der Waals surface area contributed by atoms with E-state index < -0.39 is 0 Å². The van der Waals surface area contributed by atoms with E-state index in [-0.39, 0.29) is 182 Å². The first-order valence-electron chi connectivity index (χ1n) is 20.7. The van der Waals surface area contributed by atoms with Crippen LogP contribution < -0.4 is 53.2 Å². The Balaban J connectivity index is 3.78. The minimum absolute atomic E-state index is 0.00251. The first-order chi connectivity index (χ1) is 28.1. The van der Waals surface area contributed by atoms with E-state index in [1.165, 1.54) is 0 Å². The molecule has 0 aromatic carbocycles. The molecule has 0 unspecified atom stereocenters. The average molecular weight is 839 g/mol. The van der Waals surface area contributed by atoms with Crippen molar-refractivity contribution in [2.45, 2.75) is 111 Å². The lowest BCUT2D eigenvalue weighted by atomic mass is 10.1. The van der Waals surface area contributed by atoms with Crippen LogP contribution in [0.2, 0.25) is 0 Å². The molecule has 0 saturated heterocycles. The Morgan fingerprint density at radius 2 is 0.407 bits per heavy atom. The predicted octanol–water partition coefficient (Wildman–Crippen LogP) is -1.47. The molecule has 0 bridgehead atoms. The van der Waals surface area contributed by atoms with Gasteiger partial charge in [0, 0.05) is 130 Å². The predicted molar refractivity (Wildman–Crippen MR) is 220 cm³/mol. The fourth-order valence-electron chi connectivity index (χ4n) is 4.82. The maximum absolute atomic E-state index is 12.1. The molecule has 20 nitrogen and oxygen atoms in total. The van der Waals surface area contributed by atoms with E-state index in [0.29, 0.717) is 24.9 Å². The lowest BCUT2D eigenvalue weighted by Gasteiger charge is -2.09. The Labute approximate surface area is 348 Å². The maximum Gasteiger partial charge on any atom is 0.221 e. The topological polar surface area (TPSA) is 291 Å².